The van der Waals surface area contributed by atoms with Gasteiger partial charge in [-0.3, -0.25) is 4.98 Å². The highest BCUT2D eigenvalue weighted by Gasteiger charge is 2.34. The van der Waals surface area contributed by atoms with Crippen molar-refractivity contribution in [2.75, 3.05) is 11.9 Å². The summed E-state index contributed by atoms with van der Waals surface area (Å²) in [5.74, 6) is 0.134. The number of aromatic nitrogens is 4. The molecule has 7 heteroatoms. The van der Waals surface area contributed by atoms with Gasteiger partial charge in [0.1, 0.15) is 19.0 Å². The number of fused-ring (bicyclic) bond motifs is 1. The number of anilines is 1. The first-order chi connectivity index (χ1) is 10.7. The quantitative estimate of drug-likeness (QED) is 0.683. The highest BCUT2D eigenvalue weighted by Crippen LogP contribution is 2.33. The van der Waals surface area contributed by atoms with Crippen LogP contribution in [-0.2, 0) is 9.53 Å². The van der Waals surface area contributed by atoms with Gasteiger partial charge in [0.25, 0.3) is 0 Å². The number of esters is 1. The first kappa shape index (κ1) is 14.0. The Balaban J connectivity index is 2.08. The molecule has 3 rings (SSSR count). The lowest BCUT2D eigenvalue weighted by Crippen LogP contribution is -2.30. The normalized spacial score (nSPS) is 16.7. The van der Waals surface area contributed by atoms with Crippen LogP contribution in [0.15, 0.2) is 54.6 Å². The van der Waals surface area contributed by atoms with Crippen LogP contribution in [0, 0.1) is 0 Å². The summed E-state index contributed by atoms with van der Waals surface area (Å²) in [5, 5.41) is 7.26. The predicted molar refractivity (Wildman–Crippen MR) is 79.9 cm³/mol. The standard InChI is InChI=1S/C15H15N5O2/c1-3-8-22-14(21)12-10(2)19-15-17-9-18-20(15)13(12)11-6-4-5-7-16-11/h3-7,9,13H,1,8H2,2H3,(H,17,18,19). The first-order valence-corrected chi connectivity index (χ1v) is 6.78. The van der Waals surface area contributed by atoms with E-state index in [1.807, 2.05) is 18.2 Å². The molecule has 2 aromatic heterocycles. The van der Waals surface area contributed by atoms with Gasteiger partial charge in [-0.2, -0.15) is 10.1 Å². The van der Waals surface area contributed by atoms with Gasteiger partial charge < -0.3 is 10.1 Å². The Kier molecular flexibility index (Phi) is 3.69. The summed E-state index contributed by atoms with van der Waals surface area (Å²) >= 11 is 0. The van der Waals surface area contributed by atoms with Crippen molar-refractivity contribution in [1.82, 2.24) is 19.7 Å². The average Bonchev–Trinajstić information content (AvgIpc) is 2.99. The third-order valence-corrected chi connectivity index (χ3v) is 3.31. The topological polar surface area (TPSA) is 81.9 Å². The Labute approximate surface area is 127 Å². The molecule has 0 fully saturated rings. The zero-order valence-electron chi connectivity index (χ0n) is 12.1. The number of rotatable bonds is 4. The molecule has 1 unspecified atom stereocenters. The fourth-order valence-corrected chi connectivity index (χ4v) is 2.38. The van der Waals surface area contributed by atoms with Gasteiger partial charge in [0.15, 0.2) is 0 Å². The van der Waals surface area contributed by atoms with E-state index in [0.717, 1.165) is 0 Å². The number of hydrogen-bond acceptors (Lipinski definition) is 6. The second kappa shape index (κ2) is 5.80. The van der Waals surface area contributed by atoms with Crippen LogP contribution in [-0.4, -0.2) is 32.3 Å². The zero-order chi connectivity index (χ0) is 15.5. The number of nitrogens with one attached hydrogen (secondary N) is 1. The van der Waals surface area contributed by atoms with Crippen LogP contribution in [0.4, 0.5) is 5.95 Å². The van der Waals surface area contributed by atoms with Crippen molar-refractivity contribution in [2.24, 2.45) is 0 Å². The van der Waals surface area contributed by atoms with Crippen LogP contribution in [0.5, 0.6) is 0 Å². The molecule has 7 nitrogen and oxygen atoms in total. The van der Waals surface area contributed by atoms with Crippen molar-refractivity contribution in [3.63, 3.8) is 0 Å². The maximum absolute atomic E-state index is 12.4. The van der Waals surface area contributed by atoms with Gasteiger partial charge in [-0.05, 0) is 19.1 Å². The van der Waals surface area contributed by atoms with E-state index < -0.39 is 12.0 Å². The molecule has 22 heavy (non-hydrogen) atoms. The Morgan fingerprint density at radius 2 is 2.36 bits per heavy atom. The molecule has 3 heterocycles. The van der Waals surface area contributed by atoms with Gasteiger partial charge in [0, 0.05) is 11.9 Å². The summed E-state index contributed by atoms with van der Waals surface area (Å²) in [5.41, 5.74) is 1.82. The molecule has 0 aromatic carbocycles. The fraction of sp³-hybridized carbons (Fsp3) is 0.200. The smallest absolute Gasteiger partial charge is 0.338 e. The van der Waals surface area contributed by atoms with Gasteiger partial charge >= 0.3 is 5.97 Å². The van der Waals surface area contributed by atoms with Gasteiger partial charge in [-0.25, -0.2) is 9.48 Å². The van der Waals surface area contributed by atoms with E-state index in [1.54, 1.807) is 17.8 Å². The van der Waals surface area contributed by atoms with Crippen molar-refractivity contribution in [3.8, 4) is 0 Å². The lowest BCUT2D eigenvalue weighted by Gasteiger charge is -2.27. The molecular weight excluding hydrogens is 282 g/mol. The summed E-state index contributed by atoms with van der Waals surface area (Å²) < 4.78 is 6.83. The van der Waals surface area contributed by atoms with Crippen LogP contribution in [0.3, 0.4) is 0 Å². The largest absolute Gasteiger partial charge is 0.458 e. The van der Waals surface area contributed by atoms with Gasteiger partial charge in [-0.15, -0.1) is 0 Å². The predicted octanol–water partition coefficient (Wildman–Crippen LogP) is 1.69. The number of carbonyl (C=O) groups excluding carboxylic acids is 1. The number of ether oxygens (including phenoxy) is 1. The number of hydrogen-bond donors (Lipinski definition) is 1. The van der Waals surface area contributed by atoms with E-state index in [-0.39, 0.29) is 6.61 Å². The Morgan fingerprint density at radius 3 is 3.09 bits per heavy atom. The fourth-order valence-electron chi connectivity index (χ4n) is 2.38. The number of pyridine rings is 1. The summed E-state index contributed by atoms with van der Waals surface area (Å²) in [6.45, 7) is 5.50. The first-order valence-electron chi connectivity index (χ1n) is 6.78. The van der Waals surface area contributed by atoms with Gasteiger partial charge in [0.2, 0.25) is 5.95 Å². The van der Waals surface area contributed by atoms with Gasteiger partial charge in [0.05, 0.1) is 11.3 Å². The molecule has 0 spiro atoms. The number of nitrogens with zero attached hydrogens (tertiary/aromatic N) is 4. The van der Waals surface area contributed by atoms with E-state index >= 15 is 0 Å². The molecule has 0 bridgehead atoms. The van der Waals surface area contributed by atoms with Crippen molar-refractivity contribution < 1.29 is 9.53 Å². The third-order valence-electron chi connectivity index (χ3n) is 3.31. The molecule has 0 radical (unpaired) electrons. The summed E-state index contributed by atoms with van der Waals surface area (Å²) in [6, 6.07) is 5.05. The van der Waals surface area contributed by atoms with Crippen molar-refractivity contribution in [1.29, 1.82) is 0 Å². The minimum atomic E-state index is -0.475. The SMILES string of the molecule is C=CCOC(=O)C1=C(C)Nc2ncnn2C1c1ccccn1. The molecule has 112 valence electrons. The molecule has 0 aliphatic carbocycles. The highest BCUT2D eigenvalue weighted by molar-refractivity contribution is 5.92. The van der Waals surface area contributed by atoms with Crippen molar-refractivity contribution in [3.05, 3.63) is 60.3 Å². The van der Waals surface area contributed by atoms with Gasteiger partial charge in [-0.1, -0.05) is 18.7 Å². The minimum absolute atomic E-state index is 0.148. The van der Waals surface area contributed by atoms with E-state index in [9.17, 15) is 4.79 Å². The lowest BCUT2D eigenvalue weighted by molar-refractivity contribution is -0.138. The third kappa shape index (κ3) is 2.37. The maximum Gasteiger partial charge on any atom is 0.338 e. The second-order valence-electron chi connectivity index (χ2n) is 4.74. The molecule has 1 N–H and O–H groups in total. The summed E-state index contributed by atoms with van der Waals surface area (Å²) in [4.78, 5) is 20.9. The molecule has 1 aliphatic rings. The van der Waals surface area contributed by atoms with Crippen molar-refractivity contribution >= 4 is 11.9 Å². The van der Waals surface area contributed by atoms with E-state index in [1.165, 1.54) is 12.4 Å². The average molecular weight is 297 g/mol. The number of carbonyl (C=O) groups is 1. The van der Waals surface area contributed by atoms with Crippen LogP contribution < -0.4 is 5.32 Å². The monoisotopic (exact) mass is 297 g/mol. The lowest BCUT2D eigenvalue weighted by atomic mass is 10.00. The Hall–Kier alpha value is -2.96. The molecule has 0 saturated heterocycles. The van der Waals surface area contributed by atoms with E-state index in [2.05, 4.69) is 27.0 Å². The Bertz CT molecular complexity index is 735. The van der Waals surface area contributed by atoms with Crippen LogP contribution in [0.1, 0.15) is 18.7 Å². The maximum atomic E-state index is 12.4. The second-order valence-corrected chi connectivity index (χ2v) is 4.74. The van der Waals surface area contributed by atoms with Crippen molar-refractivity contribution in [2.45, 2.75) is 13.0 Å². The molecule has 0 saturated carbocycles. The summed E-state index contributed by atoms with van der Waals surface area (Å²) in [6.07, 6.45) is 4.64. The molecule has 0 amide bonds. The molecule has 1 aliphatic heterocycles. The van der Waals surface area contributed by atoms with Crippen LogP contribution >= 0.6 is 0 Å². The summed E-state index contributed by atoms with van der Waals surface area (Å²) in [7, 11) is 0. The molecule has 1 atom stereocenters. The number of allylic oxidation sites excluding steroid dienone is 1. The van der Waals surface area contributed by atoms with E-state index in [4.69, 9.17) is 4.74 Å². The Morgan fingerprint density at radius 1 is 1.50 bits per heavy atom. The van der Waals surface area contributed by atoms with Crippen LogP contribution in [0.25, 0.3) is 0 Å². The van der Waals surface area contributed by atoms with E-state index in [0.29, 0.717) is 22.9 Å². The zero-order valence-corrected chi connectivity index (χ0v) is 12.1. The highest BCUT2D eigenvalue weighted by atomic mass is 16.5. The van der Waals surface area contributed by atoms with Crippen LogP contribution in [0.2, 0.25) is 0 Å². The molecule has 2 aromatic rings. The molecular formula is C15H15N5O2. The minimum Gasteiger partial charge on any atom is -0.458 e.